The molecule has 0 radical (unpaired) electrons. The van der Waals surface area contributed by atoms with Gasteiger partial charge in [-0.1, -0.05) is 82.7 Å². The summed E-state index contributed by atoms with van der Waals surface area (Å²) in [5, 5.41) is 0. The number of benzene rings is 4. The molecule has 0 N–H and O–H groups in total. The van der Waals surface area contributed by atoms with Gasteiger partial charge in [0.2, 0.25) is 0 Å². The summed E-state index contributed by atoms with van der Waals surface area (Å²) in [7, 11) is 0. The second kappa shape index (κ2) is 6.96. The van der Waals surface area contributed by atoms with E-state index >= 15 is 0 Å². The van der Waals surface area contributed by atoms with Crippen LogP contribution in [0.25, 0.3) is 11.1 Å². The Hall–Kier alpha value is -2.84. The van der Waals surface area contributed by atoms with E-state index in [9.17, 15) is 0 Å². The molecule has 1 nitrogen and oxygen atoms in total. The Balaban J connectivity index is 1.77. The summed E-state index contributed by atoms with van der Waals surface area (Å²) in [6.07, 6.45) is 0. The van der Waals surface area contributed by atoms with E-state index in [2.05, 4.69) is 102 Å². The summed E-state index contributed by atoms with van der Waals surface area (Å²) >= 11 is 3.59. The topological polar surface area (TPSA) is 9.23 Å². The van der Waals surface area contributed by atoms with Crippen LogP contribution in [-0.4, -0.2) is 0 Å². The Kier molecular flexibility index (Phi) is 4.29. The SMILES string of the molecule is Cc1cc(Br)ccc1-c1ccccc1C1c2ccccc2Oc2ccccc21. The molecule has 1 aliphatic heterocycles. The van der Waals surface area contributed by atoms with E-state index in [0.29, 0.717) is 0 Å². The van der Waals surface area contributed by atoms with Gasteiger partial charge in [-0.25, -0.2) is 0 Å². The average Bonchev–Trinajstić information content (AvgIpc) is 2.72. The third kappa shape index (κ3) is 2.85. The second-order valence-corrected chi connectivity index (χ2v) is 8.07. The zero-order valence-corrected chi connectivity index (χ0v) is 17.1. The number of fused-ring (bicyclic) bond motifs is 2. The van der Waals surface area contributed by atoms with Crippen LogP contribution in [0.3, 0.4) is 0 Å². The lowest BCUT2D eigenvalue weighted by Crippen LogP contribution is -2.12. The third-order valence-electron chi connectivity index (χ3n) is 5.43. The maximum atomic E-state index is 6.21. The molecular formula is C26H19BrO. The van der Waals surface area contributed by atoms with Gasteiger partial charge < -0.3 is 4.74 Å². The van der Waals surface area contributed by atoms with Gasteiger partial charge in [-0.2, -0.15) is 0 Å². The van der Waals surface area contributed by atoms with Crippen LogP contribution in [0.1, 0.15) is 28.2 Å². The van der Waals surface area contributed by atoms with E-state index < -0.39 is 0 Å². The van der Waals surface area contributed by atoms with Gasteiger partial charge in [-0.15, -0.1) is 0 Å². The van der Waals surface area contributed by atoms with Crippen molar-refractivity contribution in [2.45, 2.75) is 12.8 Å². The minimum atomic E-state index is 0.139. The Morgan fingerprint density at radius 1 is 0.643 bits per heavy atom. The highest BCUT2D eigenvalue weighted by molar-refractivity contribution is 9.10. The molecule has 136 valence electrons. The maximum Gasteiger partial charge on any atom is 0.131 e. The fourth-order valence-corrected chi connectivity index (χ4v) is 4.64. The maximum absolute atomic E-state index is 6.21. The van der Waals surface area contributed by atoms with Gasteiger partial charge >= 0.3 is 0 Å². The van der Waals surface area contributed by atoms with Crippen LogP contribution >= 0.6 is 15.9 Å². The van der Waals surface area contributed by atoms with Crippen molar-refractivity contribution in [1.82, 2.24) is 0 Å². The molecule has 28 heavy (non-hydrogen) atoms. The highest BCUT2D eigenvalue weighted by Gasteiger charge is 2.29. The molecule has 2 heteroatoms. The number of para-hydroxylation sites is 2. The Morgan fingerprint density at radius 3 is 1.86 bits per heavy atom. The molecule has 1 heterocycles. The van der Waals surface area contributed by atoms with Crippen molar-refractivity contribution in [2.24, 2.45) is 0 Å². The molecular weight excluding hydrogens is 408 g/mol. The van der Waals surface area contributed by atoms with Crippen molar-refractivity contribution in [1.29, 1.82) is 0 Å². The number of aryl methyl sites for hydroxylation is 1. The van der Waals surface area contributed by atoms with Gasteiger partial charge in [0, 0.05) is 21.5 Å². The summed E-state index contributed by atoms with van der Waals surface area (Å²) in [5.41, 5.74) is 7.52. The lowest BCUT2D eigenvalue weighted by molar-refractivity contribution is 0.453. The molecule has 0 saturated carbocycles. The summed E-state index contributed by atoms with van der Waals surface area (Å²) in [4.78, 5) is 0. The molecule has 0 bridgehead atoms. The molecule has 0 amide bonds. The minimum absolute atomic E-state index is 0.139. The van der Waals surface area contributed by atoms with Crippen molar-refractivity contribution >= 4 is 15.9 Å². The fraction of sp³-hybridized carbons (Fsp3) is 0.0769. The molecule has 1 aliphatic rings. The first kappa shape index (κ1) is 17.3. The standard InChI is InChI=1S/C26H19BrO/c1-17-16-18(27)14-15-19(17)20-8-2-3-9-21(20)26-22-10-4-6-12-24(22)28-25-13-7-5-11-23(25)26/h2-16,26H,1H3. The Bertz CT molecular complexity index is 1130. The molecule has 0 atom stereocenters. The van der Waals surface area contributed by atoms with Gasteiger partial charge in [-0.05, 0) is 53.4 Å². The van der Waals surface area contributed by atoms with Crippen LogP contribution in [0.2, 0.25) is 0 Å². The van der Waals surface area contributed by atoms with E-state index in [1.54, 1.807) is 0 Å². The highest BCUT2D eigenvalue weighted by Crippen LogP contribution is 2.49. The molecule has 4 aromatic carbocycles. The zero-order chi connectivity index (χ0) is 19.1. The number of halogens is 1. The molecule has 5 rings (SSSR count). The largest absolute Gasteiger partial charge is 0.457 e. The molecule has 0 fully saturated rings. The lowest BCUT2D eigenvalue weighted by Gasteiger charge is -2.30. The molecule has 0 aromatic heterocycles. The number of rotatable bonds is 2. The molecule has 0 aliphatic carbocycles. The molecule has 4 aromatic rings. The second-order valence-electron chi connectivity index (χ2n) is 7.16. The van der Waals surface area contributed by atoms with E-state index in [4.69, 9.17) is 4.74 Å². The predicted molar refractivity (Wildman–Crippen MR) is 118 cm³/mol. The quantitative estimate of drug-likeness (QED) is 0.280. The van der Waals surface area contributed by atoms with Gasteiger partial charge in [0.15, 0.2) is 0 Å². The zero-order valence-electron chi connectivity index (χ0n) is 15.5. The lowest BCUT2D eigenvalue weighted by atomic mass is 9.79. The predicted octanol–water partition coefficient (Wildman–Crippen LogP) is 7.71. The first-order chi connectivity index (χ1) is 13.7. The van der Waals surface area contributed by atoms with Crippen molar-refractivity contribution in [3.8, 4) is 22.6 Å². The Morgan fingerprint density at radius 2 is 1.21 bits per heavy atom. The monoisotopic (exact) mass is 426 g/mol. The molecule has 0 saturated heterocycles. The van der Waals surface area contributed by atoms with Gasteiger partial charge in [-0.3, -0.25) is 0 Å². The van der Waals surface area contributed by atoms with E-state index in [1.165, 1.54) is 33.4 Å². The van der Waals surface area contributed by atoms with E-state index in [0.717, 1.165) is 16.0 Å². The smallest absolute Gasteiger partial charge is 0.131 e. The fourth-order valence-electron chi connectivity index (χ4n) is 4.17. The minimum Gasteiger partial charge on any atom is -0.457 e. The highest BCUT2D eigenvalue weighted by atomic mass is 79.9. The number of hydrogen-bond donors (Lipinski definition) is 0. The summed E-state index contributed by atoms with van der Waals surface area (Å²) in [6, 6.07) is 32.0. The molecule has 0 unspecified atom stereocenters. The normalized spacial score (nSPS) is 12.8. The van der Waals surface area contributed by atoms with Crippen molar-refractivity contribution < 1.29 is 4.74 Å². The van der Waals surface area contributed by atoms with Crippen molar-refractivity contribution in [2.75, 3.05) is 0 Å². The van der Waals surface area contributed by atoms with Crippen LogP contribution in [0.15, 0.2) is 95.5 Å². The van der Waals surface area contributed by atoms with Crippen molar-refractivity contribution in [3.05, 3.63) is 118 Å². The first-order valence-electron chi connectivity index (χ1n) is 9.43. The van der Waals surface area contributed by atoms with Crippen molar-refractivity contribution in [3.63, 3.8) is 0 Å². The van der Waals surface area contributed by atoms with Gasteiger partial charge in [0.25, 0.3) is 0 Å². The van der Waals surface area contributed by atoms with E-state index in [-0.39, 0.29) is 5.92 Å². The summed E-state index contributed by atoms with van der Waals surface area (Å²) in [5.74, 6) is 2.02. The van der Waals surface area contributed by atoms with Crippen LogP contribution in [0.5, 0.6) is 11.5 Å². The van der Waals surface area contributed by atoms with E-state index in [1.807, 2.05) is 12.1 Å². The first-order valence-corrected chi connectivity index (χ1v) is 10.2. The average molecular weight is 427 g/mol. The molecule has 0 spiro atoms. The van der Waals surface area contributed by atoms with Crippen LogP contribution in [0, 0.1) is 6.92 Å². The Labute approximate surface area is 173 Å². The number of ether oxygens (including phenoxy) is 1. The van der Waals surface area contributed by atoms with Crippen LogP contribution in [0.4, 0.5) is 0 Å². The number of hydrogen-bond acceptors (Lipinski definition) is 1. The van der Waals surface area contributed by atoms with Gasteiger partial charge in [0.05, 0.1) is 0 Å². The van der Waals surface area contributed by atoms with Crippen LogP contribution in [-0.2, 0) is 0 Å². The van der Waals surface area contributed by atoms with Gasteiger partial charge in [0.1, 0.15) is 11.5 Å². The third-order valence-corrected chi connectivity index (χ3v) is 5.92. The van der Waals surface area contributed by atoms with Crippen LogP contribution < -0.4 is 4.74 Å². The summed E-state index contributed by atoms with van der Waals surface area (Å²) < 4.78 is 7.31. The summed E-state index contributed by atoms with van der Waals surface area (Å²) in [6.45, 7) is 2.17.